The van der Waals surface area contributed by atoms with Gasteiger partial charge in [0.1, 0.15) is 0 Å². The van der Waals surface area contributed by atoms with E-state index in [9.17, 15) is 4.79 Å². The molecule has 2 rings (SSSR count). The summed E-state index contributed by atoms with van der Waals surface area (Å²) in [5, 5.41) is 3.00. The second-order valence-corrected chi connectivity index (χ2v) is 7.63. The summed E-state index contributed by atoms with van der Waals surface area (Å²) in [5.41, 5.74) is 3.50. The highest BCUT2D eigenvalue weighted by molar-refractivity contribution is 9.11. The molecular formula is C16H19BrN2OS. The number of nitrogens with one attached hydrogen (secondary N) is 1. The van der Waals surface area contributed by atoms with Crippen molar-refractivity contribution in [2.24, 2.45) is 0 Å². The summed E-state index contributed by atoms with van der Waals surface area (Å²) < 4.78 is 1.01. The molecule has 0 radical (unpaired) electrons. The van der Waals surface area contributed by atoms with Gasteiger partial charge in [-0.2, -0.15) is 0 Å². The first-order valence-electron chi connectivity index (χ1n) is 6.73. The van der Waals surface area contributed by atoms with Gasteiger partial charge in [-0.3, -0.25) is 4.79 Å². The van der Waals surface area contributed by atoms with Gasteiger partial charge in [0.2, 0.25) is 0 Å². The van der Waals surface area contributed by atoms with Crippen LogP contribution in [0.4, 0.5) is 0 Å². The van der Waals surface area contributed by atoms with Crippen LogP contribution in [0, 0.1) is 6.92 Å². The Morgan fingerprint density at radius 3 is 2.52 bits per heavy atom. The predicted octanol–water partition coefficient (Wildman–Crippen LogP) is 3.81. The zero-order chi connectivity index (χ0) is 15.4. The first-order chi connectivity index (χ1) is 9.97. The molecule has 0 saturated carbocycles. The van der Waals surface area contributed by atoms with Gasteiger partial charge in [-0.25, -0.2) is 0 Å². The van der Waals surface area contributed by atoms with Crippen LogP contribution in [-0.4, -0.2) is 24.9 Å². The topological polar surface area (TPSA) is 32.3 Å². The third kappa shape index (κ3) is 4.40. The van der Waals surface area contributed by atoms with E-state index in [2.05, 4.69) is 38.3 Å². The van der Waals surface area contributed by atoms with Crippen molar-refractivity contribution in [3.63, 3.8) is 0 Å². The first kappa shape index (κ1) is 16.2. The number of thiophene rings is 1. The Kier molecular flexibility index (Phi) is 5.56. The van der Waals surface area contributed by atoms with E-state index in [1.165, 1.54) is 16.9 Å². The van der Waals surface area contributed by atoms with E-state index in [-0.39, 0.29) is 5.91 Å². The summed E-state index contributed by atoms with van der Waals surface area (Å²) in [7, 11) is 4.09. The van der Waals surface area contributed by atoms with E-state index in [1.807, 2.05) is 39.2 Å². The minimum atomic E-state index is -0.0199. The Morgan fingerprint density at radius 1 is 1.29 bits per heavy atom. The molecule has 1 amide bonds. The summed E-state index contributed by atoms with van der Waals surface area (Å²) >= 11 is 4.92. The number of amides is 1. The average molecular weight is 367 g/mol. The van der Waals surface area contributed by atoms with Crippen molar-refractivity contribution in [2.45, 2.75) is 20.0 Å². The van der Waals surface area contributed by atoms with Crippen LogP contribution in [0.5, 0.6) is 0 Å². The van der Waals surface area contributed by atoms with Crippen molar-refractivity contribution in [1.29, 1.82) is 0 Å². The van der Waals surface area contributed by atoms with Crippen LogP contribution >= 0.6 is 27.3 Å². The number of rotatable bonds is 5. The van der Waals surface area contributed by atoms with Crippen molar-refractivity contribution in [3.8, 4) is 0 Å². The summed E-state index contributed by atoms with van der Waals surface area (Å²) in [6.07, 6.45) is 0. The van der Waals surface area contributed by atoms with Crippen LogP contribution in [-0.2, 0) is 13.1 Å². The average Bonchev–Trinajstić information content (AvgIpc) is 2.77. The number of nitrogens with zero attached hydrogens (tertiary/aromatic N) is 1. The fraction of sp³-hybridized carbons (Fsp3) is 0.312. The summed E-state index contributed by atoms with van der Waals surface area (Å²) in [4.78, 5) is 15.1. The molecule has 0 aliphatic heterocycles. The van der Waals surface area contributed by atoms with Gasteiger partial charge in [-0.1, -0.05) is 24.3 Å². The molecule has 0 spiro atoms. The fourth-order valence-corrected chi connectivity index (χ4v) is 3.51. The molecule has 21 heavy (non-hydrogen) atoms. The highest BCUT2D eigenvalue weighted by atomic mass is 79.9. The van der Waals surface area contributed by atoms with Crippen LogP contribution in [0.25, 0.3) is 0 Å². The molecule has 1 N–H and O–H groups in total. The second kappa shape index (κ2) is 7.20. The number of carbonyl (C=O) groups is 1. The lowest BCUT2D eigenvalue weighted by Gasteiger charge is -2.14. The standard InChI is InChI=1S/C16H19BrN2OS/c1-11-8-14(21-15(11)17)16(20)18-9-12-6-4-5-7-13(12)10-19(2)3/h4-8H,9-10H2,1-3H3,(H,18,20). The fourth-order valence-electron chi connectivity index (χ4n) is 2.06. The summed E-state index contributed by atoms with van der Waals surface area (Å²) in [5.74, 6) is -0.0199. The lowest BCUT2D eigenvalue weighted by atomic mass is 10.1. The Morgan fingerprint density at radius 2 is 1.95 bits per heavy atom. The summed E-state index contributed by atoms with van der Waals surface area (Å²) in [6.45, 7) is 3.41. The lowest BCUT2D eigenvalue weighted by Crippen LogP contribution is -2.23. The van der Waals surface area contributed by atoms with Crippen molar-refractivity contribution in [3.05, 3.63) is 55.7 Å². The number of aryl methyl sites for hydroxylation is 1. The number of carbonyl (C=O) groups excluding carboxylic acids is 1. The van der Waals surface area contributed by atoms with E-state index >= 15 is 0 Å². The molecule has 0 bridgehead atoms. The van der Waals surface area contributed by atoms with Crippen LogP contribution in [0.15, 0.2) is 34.1 Å². The van der Waals surface area contributed by atoms with Crippen molar-refractivity contribution in [2.75, 3.05) is 14.1 Å². The van der Waals surface area contributed by atoms with E-state index in [4.69, 9.17) is 0 Å². The second-order valence-electron chi connectivity index (χ2n) is 5.26. The normalized spacial score (nSPS) is 10.9. The van der Waals surface area contributed by atoms with Gasteiger partial charge in [0.05, 0.1) is 8.66 Å². The van der Waals surface area contributed by atoms with E-state index in [0.29, 0.717) is 6.54 Å². The number of hydrogen-bond acceptors (Lipinski definition) is 3. The quantitative estimate of drug-likeness (QED) is 0.872. The van der Waals surface area contributed by atoms with Crippen LogP contribution in [0.2, 0.25) is 0 Å². The van der Waals surface area contributed by atoms with Crippen LogP contribution in [0.3, 0.4) is 0 Å². The van der Waals surface area contributed by atoms with Crippen molar-refractivity contribution < 1.29 is 4.79 Å². The van der Waals surface area contributed by atoms with Gasteiger partial charge in [0.15, 0.2) is 0 Å². The minimum Gasteiger partial charge on any atom is -0.347 e. The molecule has 1 aromatic heterocycles. The Hall–Kier alpha value is -1.17. The maximum atomic E-state index is 12.2. The van der Waals surface area contributed by atoms with Crippen molar-refractivity contribution in [1.82, 2.24) is 10.2 Å². The monoisotopic (exact) mass is 366 g/mol. The minimum absolute atomic E-state index is 0.0199. The largest absolute Gasteiger partial charge is 0.347 e. The van der Waals surface area contributed by atoms with Gasteiger partial charge in [0.25, 0.3) is 5.91 Å². The Bertz CT molecular complexity index is 617. The molecule has 0 aliphatic carbocycles. The Labute approximate surface area is 138 Å². The molecule has 5 heteroatoms. The maximum absolute atomic E-state index is 12.2. The molecule has 2 aromatic rings. The zero-order valence-electron chi connectivity index (χ0n) is 12.4. The molecule has 0 aliphatic rings. The van der Waals surface area contributed by atoms with Crippen LogP contribution in [0.1, 0.15) is 26.4 Å². The van der Waals surface area contributed by atoms with Crippen molar-refractivity contribution >= 4 is 33.2 Å². The third-order valence-corrected chi connectivity index (χ3v) is 5.26. The number of halogens is 1. The molecule has 3 nitrogen and oxygen atoms in total. The molecule has 0 unspecified atom stereocenters. The molecule has 0 atom stereocenters. The van der Waals surface area contributed by atoms with Gasteiger partial charge in [0, 0.05) is 13.1 Å². The van der Waals surface area contributed by atoms with Gasteiger partial charge in [-0.15, -0.1) is 11.3 Å². The molecule has 1 aromatic carbocycles. The molecule has 1 heterocycles. The number of benzene rings is 1. The highest BCUT2D eigenvalue weighted by Crippen LogP contribution is 2.27. The van der Waals surface area contributed by atoms with Gasteiger partial charge < -0.3 is 10.2 Å². The maximum Gasteiger partial charge on any atom is 0.261 e. The molecule has 0 saturated heterocycles. The molecule has 0 fully saturated rings. The van der Waals surface area contributed by atoms with E-state index < -0.39 is 0 Å². The lowest BCUT2D eigenvalue weighted by molar-refractivity contribution is 0.0955. The SMILES string of the molecule is Cc1cc(C(=O)NCc2ccccc2CN(C)C)sc1Br. The van der Waals surface area contributed by atoms with E-state index in [1.54, 1.807) is 0 Å². The van der Waals surface area contributed by atoms with E-state index in [0.717, 1.165) is 26.3 Å². The first-order valence-corrected chi connectivity index (χ1v) is 8.34. The number of hydrogen-bond donors (Lipinski definition) is 1. The van der Waals surface area contributed by atoms with Gasteiger partial charge in [-0.05, 0) is 59.7 Å². The Balaban J connectivity index is 2.04. The molecule has 112 valence electrons. The highest BCUT2D eigenvalue weighted by Gasteiger charge is 2.11. The summed E-state index contributed by atoms with van der Waals surface area (Å²) in [6, 6.07) is 10.1. The molecular weight excluding hydrogens is 348 g/mol. The third-order valence-electron chi connectivity index (χ3n) is 3.13. The smallest absolute Gasteiger partial charge is 0.261 e. The zero-order valence-corrected chi connectivity index (χ0v) is 14.8. The van der Waals surface area contributed by atoms with Gasteiger partial charge >= 0.3 is 0 Å². The predicted molar refractivity (Wildman–Crippen MR) is 91.8 cm³/mol. The van der Waals surface area contributed by atoms with Crippen LogP contribution < -0.4 is 5.32 Å².